The maximum absolute atomic E-state index is 11.2. The lowest BCUT2D eigenvalue weighted by atomic mass is 10.3. The van der Waals surface area contributed by atoms with Gasteiger partial charge in [-0.05, 0) is 44.2 Å². The Hall–Kier alpha value is -0.830. The van der Waals surface area contributed by atoms with Gasteiger partial charge in [-0.15, -0.1) is 35.3 Å². The summed E-state index contributed by atoms with van der Waals surface area (Å²) in [6.07, 6.45) is 1.17. The Morgan fingerprint density at radius 1 is 1.36 bits per heavy atom. The van der Waals surface area contributed by atoms with Gasteiger partial charge < -0.3 is 15.4 Å². The van der Waals surface area contributed by atoms with E-state index in [-0.39, 0.29) is 29.9 Å². The number of aryl methyl sites for hydroxylation is 1. The number of hydrogen-bond acceptors (Lipinski definition) is 4. The van der Waals surface area contributed by atoms with Crippen molar-refractivity contribution in [1.29, 1.82) is 0 Å². The predicted molar refractivity (Wildman–Crippen MR) is 103 cm³/mol. The molecule has 0 saturated carbocycles. The highest BCUT2D eigenvalue weighted by Gasteiger charge is 2.03. The van der Waals surface area contributed by atoms with Gasteiger partial charge in [-0.25, -0.2) is 4.99 Å². The Morgan fingerprint density at radius 2 is 2.14 bits per heavy atom. The van der Waals surface area contributed by atoms with Gasteiger partial charge in [-0.1, -0.05) is 0 Å². The average molecular weight is 439 g/mol. The molecule has 0 bridgehead atoms. The van der Waals surface area contributed by atoms with E-state index in [4.69, 9.17) is 4.74 Å². The number of ether oxygens (including phenoxy) is 1. The number of esters is 1. The van der Waals surface area contributed by atoms with E-state index in [2.05, 4.69) is 34.0 Å². The number of rotatable bonds is 8. The second kappa shape index (κ2) is 12.7. The monoisotopic (exact) mass is 439 g/mol. The third-order valence-corrected chi connectivity index (χ3v) is 3.86. The summed E-state index contributed by atoms with van der Waals surface area (Å²) in [6.45, 7) is 8.58. The first-order valence-electron chi connectivity index (χ1n) is 7.38. The first-order chi connectivity index (χ1) is 10.2. The Labute approximate surface area is 154 Å². The molecular weight excluding hydrogens is 413 g/mol. The lowest BCUT2D eigenvalue weighted by Crippen LogP contribution is -2.37. The molecule has 0 radical (unpaired) electrons. The molecule has 0 amide bonds. The highest BCUT2D eigenvalue weighted by molar-refractivity contribution is 14.0. The molecule has 22 heavy (non-hydrogen) atoms. The number of guanidine groups is 1. The fourth-order valence-corrected chi connectivity index (χ4v) is 2.56. The van der Waals surface area contributed by atoms with Crippen molar-refractivity contribution in [3.63, 3.8) is 0 Å². The van der Waals surface area contributed by atoms with Crippen LogP contribution >= 0.6 is 35.3 Å². The van der Waals surface area contributed by atoms with Gasteiger partial charge in [0.15, 0.2) is 5.96 Å². The van der Waals surface area contributed by atoms with Gasteiger partial charge in [0.2, 0.25) is 0 Å². The number of thiophene rings is 1. The zero-order valence-corrected chi connectivity index (χ0v) is 16.6. The summed E-state index contributed by atoms with van der Waals surface area (Å²) in [5, 5.41) is 8.52. The molecule has 1 heterocycles. The highest BCUT2D eigenvalue weighted by Crippen LogP contribution is 2.16. The van der Waals surface area contributed by atoms with Gasteiger partial charge in [0.25, 0.3) is 0 Å². The van der Waals surface area contributed by atoms with Crippen molar-refractivity contribution in [1.82, 2.24) is 10.6 Å². The van der Waals surface area contributed by atoms with Crippen LogP contribution in [0.15, 0.2) is 16.4 Å². The van der Waals surface area contributed by atoms with E-state index >= 15 is 0 Å². The highest BCUT2D eigenvalue weighted by atomic mass is 127. The second-order valence-corrected chi connectivity index (χ2v) is 5.56. The van der Waals surface area contributed by atoms with E-state index in [0.29, 0.717) is 26.1 Å². The van der Waals surface area contributed by atoms with Crippen molar-refractivity contribution in [2.75, 3.05) is 19.7 Å². The first kappa shape index (κ1) is 21.2. The molecule has 0 saturated heterocycles. The van der Waals surface area contributed by atoms with Crippen LogP contribution in [0.3, 0.4) is 0 Å². The molecule has 1 aromatic heterocycles. The molecule has 0 atom stereocenters. The first-order valence-corrected chi connectivity index (χ1v) is 8.26. The number of carbonyl (C=O) groups excluding carboxylic acids is 1. The third-order valence-electron chi connectivity index (χ3n) is 2.85. The lowest BCUT2D eigenvalue weighted by molar-refractivity contribution is -0.143. The number of carbonyl (C=O) groups is 1. The summed E-state index contributed by atoms with van der Waals surface area (Å²) >= 11 is 1.72. The second-order valence-electron chi connectivity index (χ2n) is 4.56. The molecule has 0 unspecified atom stereocenters. The van der Waals surface area contributed by atoms with Crippen molar-refractivity contribution >= 4 is 47.2 Å². The zero-order chi connectivity index (χ0) is 15.5. The molecule has 0 aliphatic heterocycles. The maximum atomic E-state index is 11.2. The van der Waals surface area contributed by atoms with E-state index in [1.54, 1.807) is 11.3 Å². The van der Waals surface area contributed by atoms with Gasteiger partial charge in [0.05, 0.1) is 13.2 Å². The average Bonchev–Trinajstić information content (AvgIpc) is 2.86. The minimum Gasteiger partial charge on any atom is -0.466 e. The molecule has 0 spiro atoms. The summed E-state index contributed by atoms with van der Waals surface area (Å²) in [4.78, 5) is 17.1. The number of nitrogens with one attached hydrogen (secondary N) is 2. The van der Waals surface area contributed by atoms with Crippen LogP contribution in [0, 0.1) is 6.92 Å². The molecular formula is C15H26IN3O2S. The number of aliphatic imine (C=N–C) groups is 1. The van der Waals surface area contributed by atoms with Crippen molar-refractivity contribution < 1.29 is 9.53 Å². The van der Waals surface area contributed by atoms with Crippen molar-refractivity contribution in [2.45, 2.75) is 40.2 Å². The van der Waals surface area contributed by atoms with E-state index in [1.165, 1.54) is 10.4 Å². The van der Waals surface area contributed by atoms with Crippen LogP contribution in [0.2, 0.25) is 0 Å². The van der Waals surface area contributed by atoms with Gasteiger partial charge in [-0.3, -0.25) is 4.79 Å². The van der Waals surface area contributed by atoms with Gasteiger partial charge in [-0.2, -0.15) is 0 Å². The Balaban J connectivity index is 0.00000441. The van der Waals surface area contributed by atoms with Crippen LogP contribution in [0.1, 0.15) is 37.1 Å². The molecule has 0 aromatic carbocycles. The molecule has 0 aliphatic rings. The summed E-state index contributed by atoms with van der Waals surface area (Å²) in [6, 6.07) is 2.11. The van der Waals surface area contributed by atoms with Gasteiger partial charge >= 0.3 is 5.97 Å². The lowest BCUT2D eigenvalue weighted by Gasteiger charge is -2.11. The molecule has 0 aliphatic carbocycles. The maximum Gasteiger partial charge on any atom is 0.305 e. The topological polar surface area (TPSA) is 62.7 Å². The zero-order valence-electron chi connectivity index (χ0n) is 13.5. The fourth-order valence-electron chi connectivity index (χ4n) is 1.73. The molecule has 0 fully saturated rings. The van der Waals surface area contributed by atoms with Crippen LogP contribution in [0.5, 0.6) is 0 Å². The van der Waals surface area contributed by atoms with Crippen molar-refractivity contribution in [3.05, 3.63) is 21.9 Å². The molecule has 1 rings (SSSR count). The van der Waals surface area contributed by atoms with Gasteiger partial charge in [0.1, 0.15) is 0 Å². The largest absolute Gasteiger partial charge is 0.466 e. The van der Waals surface area contributed by atoms with Crippen molar-refractivity contribution in [2.24, 2.45) is 4.99 Å². The van der Waals surface area contributed by atoms with E-state index in [0.717, 1.165) is 18.9 Å². The van der Waals surface area contributed by atoms with E-state index in [1.807, 2.05) is 13.8 Å². The van der Waals surface area contributed by atoms with E-state index in [9.17, 15) is 4.79 Å². The quantitative estimate of drug-likeness (QED) is 0.215. The smallest absolute Gasteiger partial charge is 0.305 e. The summed E-state index contributed by atoms with van der Waals surface area (Å²) in [5.41, 5.74) is 1.28. The van der Waals surface area contributed by atoms with Crippen LogP contribution in [0.4, 0.5) is 0 Å². The van der Waals surface area contributed by atoms with Gasteiger partial charge in [0, 0.05) is 24.4 Å². The molecule has 126 valence electrons. The summed E-state index contributed by atoms with van der Waals surface area (Å²) in [7, 11) is 0. The number of nitrogens with zero attached hydrogens (tertiary/aromatic N) is 1. The SMILES string of the molecule is CCNC(=NCc1sccc1C)NCCCC(=O)OCC.I. The predicted octanol–water partition coefficient (Wildman–Crippen LogP) is 3.07. The minimum absolute atomic E-state index is 0. The molecule has 7 heteroatoms. The van der Waals surface area contributed by atoms with Crippen LogP contribution in [-0.2, 0) is 16.1 Å². The molecule has 1 aromatic rings. The molecule has 5 nitrogen and oxygen atoms in total. The summed E-state index contributed by atoms with van der Waals surface area (Å²) < 4.78 is 4.89. The molecule has 2 N–H and O–H groups in total. The van der Waals surface area contributed by atoms with E-state index < -0.39 is 0 Å². The Kier molecular flexibility index (Phi) is 12.2. The number of halogens is 1. The Bertz CT molecular complexity index is 463. The van der Waals surface area contributed by atoms with Crippen molar-refractivity contribution in [3.8, 4) is 0 Å². The third kappa shape index (κ3) is 8.57. The Morgan fingerprint density at radius 3 is 2.73 bits per heavy atom. The fraction of sp³-hybridized carbons (Fsp3) is 0.600. The number of hydrogen-bond donors (Lipinski definition) is 2. The van der Waals surface area contributed by atoms with Crippen LogP contribution in [0.25, 0.3) is 0 Å². The standard InChI is InChI=1S/C15H25N3O2S.HI/c1-4-16-15(17-9-6-7-14(19)20-5-2)18-11-13-12(3)8-10-21-13;/h8,10H,4-7,9,11H2,1-3H3,(H2,16,17,18);1H. The minimum atomic E-state index is -0.143. The summed E-state index contributed by atoms with van der Waals surface area (Å²) in [5.74, 6) is 0.643. The van der Waals surface area contributed by atoms with Crippen LogP contribution in [-0.4, -0.2) is 31.6 Å². The van der Waals surface area contributed by atoms with Crippen LogP contribution < -0.4 is 10.6 Å². The normalized spacial score (nSPS) is 10.8.